The van der Waals surface area contributed by atoms with Crippen molar-refractivity contribution in [3.8, 4) is 17.0 Å². The van der Waals surface area contributed by atoms with E-state index in [9.17, 15) is 4.79 Å². The van der Waals surface area contributed by atoms with Gasteiger partial charge in [-0.25, -0.2) is 4.79 Å². The Morgan fingerprint density at radius 2 is 1.87 bits per heavy atom. The van der Waals surface area contributed by atoms with Crippen molar-refractivity contribution in [2.75, 3.05) is 13.1 Å². The van der Waals surface area contributed by atoms with E-state index in [1.54, 1.807) is 0 Å². The zero-order valence-electron chi connectivity index (χ0n) is 17.1. The molecule has 30 heavy (non-hydrogen) atoms. The van der Waals surface area contributed by atoms with E-state index >= 15 is 0 Å². The van der Waals surface area contributed by atoms with Crippen LogP contribution in [0.2, 0.25) is 0 Å². The van der Waals surface area contributed by atoms with Crippen molar-refractivity contribution in [1.82, 2.24) is 15.1 Å². The molecule has 0 radical (unpaired) electrons. The highest BCUT2D eigenvalue weighted by atomic mass is 16.5. The summed E-state index contributed by atoms with van der Waals surface area (Å²) >= 11 is 0. The molecule has 1 aromatic heterocycles. The first kappa shape index (κ1) is 18.9. The summed E-state index contributed by atoms with van der Waals surface area (Å²) in [5, 5.41) is 8.12. The third kappa shape index (κ3) is 3.08. The van der Waals surface area contributed by atoms with Crippen molar-refractivity contribution in [2.45, 2.75) is 38.5 Å². The summed E-state index contributed by atoms with van der Waals surface area (Å²) in [5.41, 5.74) is 3.60. The van der Waals surface area contributed by atoms with Gasteiger partial charge in [0.05, 0.1) is 11.3 Å². The van der Waals surface area contributed by atoms with Gasteiger partial charge in [-0.1, -0.05) is 42.5 Å². The van der Waals surface area contributed by atoms with Crippen molar-refractivity contribution < 1.29 is 14.3 Å². The molecule has 5 rings (SSSR count). The van der Waals surface area contributed by atoms with Gasteiger partial charge in [-0.2, -0.15) is 5.10 Å². The molecule has 3 aromatic rings. The first-order valence-electron chi connectivity index (χ1n) is 10.5. The van der Waals surface area contributed by atoms with Crippen LogP contribution >= 0.6 is 0 Å². The highest BCUT2D eigenvalue weighted by Gasteiger charge is 2.47. The third-order valence-electron chi connectivity index (χ3n) is 5.97. The average molecular weight is 403 g/mol. The highest BCUT2D eigenvalue weighted by Crippen LogP contribution is 2.50. The summed E-state index contributed by atoms with van der Waals surface area (Å²) in [6, 6.07) is 17.7. The number of nitrogens with zero attached hydrogens (tertiary/aromatic N) is 2. The smallest absolute Gasteiger partial charge is 0.359 e. The molecule has 3 heterocycles. The lowest BCUT2D eigenvalue weighted by Crippen LogP contribution is -2.46. The van der Waals surface area contributed by atoms with E-state index < -0.39 is 11.6 Å². The Labute approximate surface area is 175 Å². The Morgan fingerprint density at radius 1 is 1.13 bits per heavy atom. The molecule has 6 heteroatoms. The summed E-state index contributed by atoms with van der Waals surface area (Å²) in [4.78, 5) is 13.2. The normalized spacial score (nSPS) is 16.4. The minimum atomic E-state index is -0.566. The SMILES string of the molecule is CCn1nc(C(=O)OCc2ccccc2)c2c1-c1ccccc1OC21CCNCC1. The van der Waals surface area contributed by atoms with Crippen LogP contribution in [0.4, 0.5) is 0 Å². The van der Waals surface area contributed by atoms with Crippen LogP contribution in [0.25, 0.3) is 11.3 Å². The Balaban J connectivity index is 1.60. The van der Waals surface area contributed by atoms with E-state index in [2.05, 4.69) is 5.32 Å². The number of esters is 1. The molecule has 2 aliphatic heterocycles. The number of hydrogen-bond acceptors (Lipinski definition) is 5. The van der Waals surface area contributed by atoms with Crippen LogP contribution in [0, 0.1) is 0 Å². The number of aryl methyl sites for hydroxylation is 1. The van der Waals surface area contributed by atoms with Gasteiger partial charge in [-0.15, -0.1) is 0 Å². The Kier molecular flexibility index (Phi) is 4.79. The zero-order valence-corrected chi connectivity index (χ0v) is 17.1. The maximum atomic E-state index is 13.2. The molecule has 0 saturated carbocycles. The quantitative estimate of drug-likeness (QED) is 0.670. The van der Waals surface area contributed by atoms with Gasteiger partial charge in [0, 0.05) is 24.9 Å². The lowest BCUT2D eigenvalue weighted by atomic mass is 9.80. The van der Waals surface area contributed by atoms with Crippen LogP contribution in [-0.2, 0) is 23.5 Å². The summed E-state index contributed by atoms with van der Waals surface area (Å²) in [7, 11) is 0. The van der Waals surface area contributed by atoms with E-state index in [0.717, 1.165) is 54.1 Å². The minimum Gasteiger partial charge on any atom is -0.482 e. The fourth-order valence-electron chi connectivity index (χ4n) is 4.53. The highest BCUT2D eigenvalue weighted by molar-refractivity contribution is 5.93. The predicted molar refractivity (Wildman–Crippen MR) is 113 cm³/mol. The monoisotopic (exact) mass is 403 g/mol. The van der Waals surface area contributed by atoms with Crippen LogP contribution in [0.15, 0.2) is 54.6 Å². The van der Waals surface area contributed by atoms with Crippen molar-refractivity contribution >= 4 is 5.97 Å². The molecular weight excluding hydrogens is 378 g/mol. The van der Waals surface area contributed by atoms with Gasteiger partial charge in [0.2, 0.25) is 0 Å². The molecule has 1 fully saturated rings. The van der Waals surface area contributed by atoms with Crippen molar-refractivity contribution in [1.29, 1.82) is 0 Å². The second kappa shape index (κ2) is 7.61. The van der Waals surface area contributed by atoms with E-state index in [1.165, 1.54) is 0 Å². The summed E-state index contributed by atoms with van der Waals surface area (Å²) in [6.45, 7) is 4.59. The number of ether oxygens (including phenoxy) is 2. The Bertz CT molecular complexity index is 1070. The summed E-state index contributed by atoms with van der Waals surface area (Å²) < 4.78 is 14.2. The number of carbonyl (C=O) groups excluding carboxylic acids is 1. The summed E-state index contributed by atoms with van der Waals surface area (Å²) in [6.07, 6.45) is 1.56. The van der Waals surface area contributed by atoms with Crippen LogP contribution in [0.3, 0.4) is 0 Å². The molecular formula is C24H25N3O3. The van der Waals surface area contributed by atoms with Crippen LogP contribution in [0.1, 0.15) is 41.4 Å². The number of hydrogen-bond donors (Lipinski definition) is 1. The average Bonchev–Trinajstić information content (AvgIpc) is 3.20. The fraction of sp³-hybridized carbons (Fsp3) is 0.333. The van der Waals surface area contributed by atoms with Gasteiger partial charge >= 0.3 is 5.97 Å². The standard InChI is InChI=1S/C24H25N3O3/c1-2-27-22-18-10-6-7-11-19(18)30-24(12-14-25-15-13-24)20(22)21(26-27)23(28)29-16-17-8-4-3-5-9-17/h3-11,25H,2,12-16H2,1H3. The van der Waals surface area contributed by atoms with Gasteiger partial charge in [0.15, 0.2) is 5.69 Å². The van der Waals surface area contributed by atoms with Gasteiger partial charge in [-0.05, 0) is 37.7 Å². The molecule has 0 bridgehead atoms. The topological polar surface area (TPSA) is 65.4 Å². The van der Waals surface area contributed by atoms with Gasteiger partial charge in [0.1, 0.15) is 18.0 Å². The number of carbonyl (C=O) groups is 1. The number of fused-ring (bicyclic) bond motifs is 4. The van der Waals surface area contributed by atoms with E-state index in [0.29, 0.717) is 12.2 Å². The van der Waals surface area contributed by atoms with Crippen LogP contribution in [-0.4, -0.2) is 28.8 Å². The zero-order chi connectivity index (χ0) is 20.6. The minimum absolute atomic E-state index is 0.222. The van der Waals surface area contributed by atoms with Crippen molar-refractivity contribution in [3.63, 3.8) is 0 Å². The molecule has 0 unspecified atom stereocenters. The van der Waals surface area contributed by atoms with E-state index in [-0.39, 0.29) is 6.61 Å². The number of nitrogens with one attached hydrogen (secondary N) is 1. The molecule has 2 aliphatic rings. The predicted octanol–water partition coefficient (Wildman–Crippen LogP) is 3.90. The second-order valence-electron chi connectivity index (χ2n) is 7.79. The van der Waals surface area contributed by atoms with Crippen molar-refractivity contribution in [3.05, 3.63) is 71.4 Å². The molecule has 1 saturated heterocycles. The lowest BCUT2D eigenvalue weighted by Gasteiger charge is -2.41. The fourth-order valence-corrected chi connectivity index (χ4v) is 4.53. The lowest BCUT2D eigenvalue weighted by molar-refractivity contribution is 0.0258. The van der Waals surface area contributed by atoms with E-state index in [1.807, 2.05) is 66.2 Å². The first-order valence-corrected chi connectivity index (χ1v) is 10.5. The molecule has 0 atom stereocenters. The Morgan fingerprint density at radius 3 is 2.63 bits per heavy atom. The third-order valence-corrected chi connectivity index (χ3v) is 5.97. The van der Waals surface area contributed by atoms with Gasteiger partial charge in [-0.3, -0.25) is 4.68 Å². The number of benzene rings is 2. The number of piperidine rings is 1. The molecule has 6 nitrogen and oxygen atoms in total. The van der Waals surface area contributed by atoms with Gasteiger partial charge < -0.3 is 14.8 Å². The molecule has 154 valence electrons. The maximum absolute atomic E-state index is 13.2. The summed E-state index contributed by atoms with van der Waals surface area (Å²) in [5.74, 6) is 0.453. The molecule has 1 spiro atoms. The van der Waals surface area contributed by atoms with Crippen LogP contribution in [0.5, 0.6) is 5.75 Å². The molecule has 0 amide bonds. The number of para-hydroxylation sites is 1. The Hall–Kier alpha value is -3.12. The first-order chi connectivity index (χ1) is 14.7. The second-order valence-corrected chi connectivity index (χ2v) is 7.79. The number of rotatable bonds is 4. The van der Waals surface area contributed by atoms with E-state index in [4.69, 9.17) is 14.6 Å². The largest absolute Gasteiger partial charge is 0.482 e. The molecule has 2 aromatic carbocycles. The molecule has 1 N–H and O–H groups in total. The van der Waals surface area contributed by atoms with Gasteiger partial charge in [0.25, 0.3) is 0 Å². The van der Waals surface area contributed by atoms with Crippen LogP contribution < -0.4 is 10.1 Å². The maximum Gasteiger partial charge on any atom is 0.359 e. The number of aromatic nitrogens is 2. The molecule has 0 aliphatic carbocycles. The van der Waals surface area contributed by atoms with Crippen molar-refractivity contribution in [2.24, 2.45) is 0 Å².